The monoisotopic (exact) mass is 387 g/mol. The highest BCUT2D eigenvalue weighted by atomic mass is 16.4. The molecule has 0 aliphatic heterocycles. The first kappa shape index (κ1) is 25.1. The molecular formula is C19H35N2O6+. The van der Waals surface area contributed by atoms with E-state index >= 15 is 0 Å². The average molecular weight is 387 g/mol. The third kappa shape index (κ3) is 10.7. The molecule has 0 spiro atoms. The molecule has 0 aliphatic carbocycles. The number of aliphatic hydroxyl groups excluding tert-OH is 1. The van der Waals surface area contributed by atoms with Gasteiger partial charge in [0.1, 0.15) is 18.4 Å². The highest BCUT2D eigenvalue weighted by Crippen LogP contribution is 2.16. The lowest BCUT2D eigenvalue weighted by atomic mass is 10.1. The maximum Gasteiger partial charge on any atom is 0.311 e. The molecule has 0 saturated heterocycles. The number of amides is 1. The van der Waals surface area contributed by atoms with Crippen molar-refractivity contribution < 1.29 is 34.2 Å². The quantitative estimate of drug-likeness (QED) is 0.246. The molecule has 0 fully saturated rings. The second-order valence-corrected chi connectivity index (χ2v) is 7.17. The van der Waals surface area contributed by atoms with Crippen molar-refractivity contribution in [3.8, 4) is 0 Å². The summed E-state index contributed by atoms with van der Waals surface area (Å²) in [5.74, 6) is -3.45. The van der Waals surface area contributed by atoms with Crippen molar-refractivity contribution in [3.05, 3.63) is 12.2 Å². The first-order chi connectivity index (χ1) is 12.7. The number of unbranched alkanes of at least 4 members (excludes halogenated alkanes) is 1. The van der Waals surface area contributed by atoms with Gasteiger partial charge in [-0.3, -0.25) is 14.4 Å². The summed E-state index contributed by atoms with van der Waals surface area (Å²) >= 11 is 0. The lowest BCUT2D eigenvalue weighted by molar-refractivity contribution is -0.931. The third-order valence-electron chi connectivity index (χ3n) is 4.57. The van der Waals surface area contributed by atoms with E-state index in [2.05, 4.69) is 12.2 Å². The number of carbonyl (C=O) groups excluding carboxylic acids is 1. The fraction of sp³-hybridized carbons (Fsp3) is 0.737. The molecule has 8 nitrogen and oxygen atoms in total. The Labute approximate surface area is 161 Å². The summed E-state index contributed by atoms with van der Waals surface area (Å²) in [6.45, 7) is 6.27. The molecule has 0 aromatic rings. The molecule has 0 radical (unpaired) electrons. The number of allylic oxidation sites excluding steroid dienone is 1. The Balaban J connectivity index is 5.01. The smallest absolute Gasteiger partial charge is 0.311 e. The molecule has 2 atom stereocenters. The zero-order valence-electron chi connectivity index (χ0n) is 16.7. The van der Waals surface area contributed by atoms with E-state index in [1.165, 1.54) is 0 Å². The van der Waals surface area contributed by atoms with Crippen molar-refractivity contribution >= 4 is 17.8 Å². The summed E-state index contributed by atoms with van der Waals surface area (Å²) in [4.78, 5) is 34.5. The van der Waals surface area contributed by atoms with Crippen molar-refractivity contribution in [2.45, 2.75) is 40.0 Å². The molecule has 2 unspecified atom stereocenters. The van der Waals surface area contributed by atoms with Crippen LogP contribution in [0.1, 0.15) is 40.0 Å². The normalized spacial score (nSPS) is 15.9. The second kappa shape index (κ2) is 13.3. The molecule has 1 amide bonds. The fourth-order valence-electron chi connectivity index (χ4n) is 3.06. The lowest BCUT2D eigenvalue weighted by Crippen LogP contribution is -2.58. The number of aliphatic hydroxyl groups is 1. The Morgan fingerprint density at radius 2 is 1.56 bits per heavy atom. The number of rotatable bonds is 15. The van der Waals surface area contributed by atoms with Crippen LogP contribution in [0.3, 0.4) is 0 Å². The number of quaternary nitrogens is 1. The molecule has 156 valence electrons. The van der Waals surface area contributed by atoms with Crippen molar-refractivity contribution in [1.82, 2.24) is 5.32 Å². The zero-order chi connectivity index (χ0) is 20.9. The van der Waals surface area contributed by atoms with Crippen LogP contribution >= 0.6 is 0 Å². The zero-order valence-corrected chi connectivity index (χ0v) is 16.7. The standard InChI is InChI=1S/C19H34N2O6/c1-4-5-6-7-8-17(23)20-9-10-21(11-12-22,13-15(2)18(24)25)14-16(3)19(26)27/h6-7,15-16,22H,4-5,8-14H2,1-3H3,(H2-,20,23,24,25,26,27)/p+1/b7-6+. The summed E-state index contributed by atoms with van der Waals surface area (Å²) in [7, 11) is 0. The van der Waals surface area contributed by atoms with E-state index < -0.39 is 23.8 Å². The number of aliphatic carboxylic acids is 2. The summed E-state index contributed by atoms with van der Waals surface area (Å²) < 4.78 is 0.128. The summed E-state index contributed by atoms with van der Waals surface area (Å²) in [5.41, 5.74) is 0. The van der Waals surface area contributed by atoms with Crippen LogP contribution in [-0.4, -0.2) is 77.0 Å². The van der Waals surface area contributed by atoms with Gasteiger partial charge in [0.05, 0.1) is 32.8 Å². The van der Waals surface area contributed by atoms with Gasteiger partial charge < -0.3 is 25.1 Å². The van der Waals surface area contributed by atoms with Crippen LogP contribution in [0.2, 0.25) is 0 Å². The maximum atomic E-state index is 11.9. The van der Waals surface area contributed by atoms with Crippen LogP contribution in [-0.2, 0) is 14.4 Å². The van der Waals surface area contributed by atoms with Crippen molar-refractivity contribution in [2.24, 2.45) is 11.8 Å². The molecule has 0 aliphatic rings. The molecule has 4 N–H and O–H groups in total. The number of carboxylic acid groups (broad SMARTS) is 2. The number of carboxylic acids is 2. The van der Waals surface area contributed by atoms with Gasteiger partial charge in [-0.15, -0.1) is 0 Å². The number of hydrogen-bond acceptors (Lipinski definition) is 4. The predicted octanol–water partition coefficient (Wildman–Crippen LogP) is 1.10. The van der Waals surface area contributed by atoms with Gasteiger partial charge in [0, 0.05) is 6.42 Å². The van der Waals surface area contributed by atoms with E-state index in [1.807, 2.05) is 12.2 Å². The minimum Gasteiger partial charge on any atom is -0.481 e. The number of nitrogens with one attached hydrogen (secondary N) is 1. The molecule has 27 heavy (non-hydrogen) atoms. The number of hydrogen-bond donors (Lipinski definition) is 4. The van der Waals surface area contributed by atoms with Crippen LogP contribution in [0, 0.1) is 11.8 Å². The highest BCUT2D eigenvalue weighted by molar-refractivity contribution is 5.77. The summed E-state index contributed by atoms with van der Waals surface area (Å²) in [5, 5.41) is 30.8. The highest BCUT2D eigenvalue weighted by Gasteiger charge is 2.35. The van der Waals surface area contributed by atoms with Crippen LogP contribution in [0.5, 0.6) is 0 Å². The van der Waals surface area contributed by atoms with Crippen LogP contribution < -0.4 is 5.32 Å². The van der Waals surface area contributed by atoms with Gasteiger partial charge in [-0.1, -0.05) is 25.5 Å². The molecule has 0 aromatic heterocycles. The van der Waals surface area contributed by atoms with Crippen molar-refractivity contribution in [3.63, 3.8) is 0 Å². The van der Waals surface area contributed by atoms with Crippen molar-refractivity contribution in [2.75, 3.05) is 39.3 Å². The van der Waals surface area contributed by atoms with Gasteiger partial charge in [-0.2, -0.15) is 0 Å². The van der Waals surface area contributed by atoms with Gasteiger partial charge in [-0.25, -0.2) is 0 Å². The minimum absolute atomic E-state index is 0.128. The second-order valence-electron chi connectivity index (χ2n) is 7.17. The van der Waals surface area contributed by atoms with E-state index in [0.717, 1.165) is 12.8 Å². The van der Waals surface area contributed by atoms with E-state index in [0.29, 0.717) is 13.1 Å². The Hall–Kier alpha value is -1.93. The minimum atomic E-state index is -0.969. The number of nitrogens with zero attached hydrogens (tertiary/aromatic N) is 1. The van der Waals surface area contributed by atoms with Gasteiger partial charge in [0.25, 0.3) is 0 Å². The predicted molar refractivity (Wildman–Crippen MR) is 102 cm³/mol. The Kier molecular flexibility index (Phi) is 12.3. The van der Waals surface area contributed by atoms with Crippen LogP contribution in [0.25, 0.3) is 0 Å². The number of carbonyl (C=O) groups is 3. The molecule has 0 aromatic carbocycles. The average Bonchev–Trinajstić information content (AvgIpc) is 2.58. The summed E-state index contributed by atoms with van der Waals surface area (Å²) in [6.07, 6.45) is 5.98. The first-order valence-electron chi connectivity index (χ1n) is 9.50. The van der Waals surface area contributed by atoms with Gasteiger partial charge in [0.2, 0.25) is 5.91 Å². The molecular weight excluding hydrogens is 352 g/mol. The lowest BCUT2D eigenvalue weighted by Gasteiger charge is -2.40. The van der Waals surface area contributed by atoms with Crippen molar-refractivity contribution in [1.29, 1.82) is 0 Å². The Morgan fingerprint density at radius 3 is 2.00 bits per heavy atom. The van der Waals surface area contributed by atoms with Crippen LogP contribution in [0.15, 0.2) is 12.2 Å². The Morgan fingerprint density at radius 1 is 1.00 bits per heavy atom. The topological polar surface area (TPSA) is 124 Å². The maximum absolute atomic E-state index is 11.9. The third-order valence-corrected chi connectivity index (χ3v) is 4.57. The molecule has 0 bridgehead atoms. The van der Waals surface area contributed by atoms with E-state index in [-0.39, 0.29) is 43.1 Å². The molecule has 0 heterocycles. The SMILES string of the molecule is CCC/C=C/CC(=O)NCC[N+](CCO)(CC(C)C(=O)O)CC(C)C(=O)O. The fourth-order valence-corrected chi connectivity index (χ4v) is 3.06. The van der Waals surface area contributed by atoms with Gasteiger partial charge >= 0.3 is 11.9 Å². The summed E-state index contributed by atoms with van der Waals surface area (Å²) in [6, 6.07) is 0. The Bertz CT molecular complexity index is 484. The van der Waals surface area contributed by atoms with Crippen LogP contribution in [0.4, 0.5) is 0 Å². The molecule has 8 heteroatoms. The van der Waals surface area contributed by atoms with Gasteiger partial charge in [0.15, 0.2) is 0 Å². The molecule has 0 rings (SSSR count). The van der Waals surface area contributed by atoms with E-state index in [1.54, 1.807) is 13.8 Å². The van der Waals surface area contributed by atoms with Gasteiger partial charge in [-0.05, 0) is 20.3 Å². The van der Waals surface area contributed by atoms with E-state index in [9.17, 15) is 29.7 Å². The largest absolute Gasteiger partial charge is 0.481 e. The van der Waals surface area contributed by atoms with E-state index in [4.69, 9.17) is 0 Å². The first-order valence-corrected chi connectivity index (χ1v) is 9.50. The molecule has 0 saturated carbocycles.